The van der Waals surface area contributed by atoms with E-state index in [1.165, 1.54) is 0 Å². The quantitative estimate of drug-likeness (QED) is 0.889. The van der Waals surface area contributed by atoms with Crippen molar-refractivity contribution in [3.05, 3.63) is 35.4 Å². The average Bonchev–Trinajstić information content (AvgIpc) is 2.53. The maximum absolute atomic E-state index is 11.8. The molecular weight excluding hydrogens is 226 g/mol. The lowest BCUT2D eigenvalue weighted by molar-refractivity contribution is 0.199. The van der Waals surface area contributed by atoms with E-state index < -0.39 is 0 Å². The van der Waals surface area contributed by atoms with Crippen LogP contribution in [0.4, 0.5) is 4.79 Å². The highest BCUT2D eigenvalue weighted by Gasteiger charge is 2.34. The maximum atomic E-state index is 11.8. The molecule has 2 rings (SSSR count). The number of amidine groups is 1. The monoisotopic (exact) mass is 245 g/mol. The van der Waals surface area contributed by atoms with E-state index in [0.29, 0.717) is 18.3 Å². The number of nitrogens with two attached hydrogens (primary N) is 1. The summed E-state index contributed by atoms with van der Waals surface area (Å²) in [5.41, 5.74) is 8.09. The van der Waals surface area contributed by atoms with E-state index in [2.05, 4.69) is 24.9 Å². The molecule has 1 aromatic carbocycles. The predicted octanol–water partition coefficient (Wildman–Crippen LogP) is 2.48. The zero-order valence-electron chi connectivity index (χ0n) is 11.1. The van der Waals surface area contributed by atoms with Crippen molar-refractivity contribution in [1.29, 1.82) is 0 Å². The molecule has 0 saturated heterocycles. The average molecular weight is 245 g/mol. The molecule has 4 nitrogen and oxygen atoms in total. The molecule has 1 aromatic rings. The largest absolute Gasteiger partial charge is 0.385 e. The summed E-state index contributed by atoms with van der Waals surface area (Å²) in [7, 11) is 0. The SMILES string of the molecule is Cc1cccc(C2C(N)=NC(=O)N2CC(C)C)c1. The fraction of sp³-hybridized carbons (Fsp3) is 0.429. The Hall–Kier alpha value is -1.84. The van der Waals surface area contributed by atoms with Gasteiger partial charge in [-0.05, 0) is 18.4 Å². The standard InChI is InChI=1S/C14H19N3O/c1-9(2)8-17-12(13(15)16-14(17)18)11-6-4-5-10(3)7-11/h4-7,9,12H,8H2,1-3H3,(H2,15,16,18). The second-order valence-corrected chi connectivity index (χ2v) is 5.18. The Labute approximate surface area is 108 Å². The Bertz CT molecular complexity index is 494. The molecule has 1 heterocycles. The number of benzene rings is 1. The van der Waals surface area contributed by atoms with Crippen molar-refractivity contribution in [2.24, 2.45) is 16.6 Å². The molecule has 1 aliphatic heterocycles. The number of carbonyl (C=O) groups excluding carboxylic acids is 1. The summed E-state index contributed by atoms with van der Waals surface area (Å²) in [5, 5.41) is 0. The van der Waals surface area contributed by atoms with Crippen LogP contribution >= 0.6 is 0 Å². The van der Waals surface area contributed by atoms with Gasteiger partial charge in [0, 0.05) is 6.54 Å². The van der Waals surface area contributed by atoms with Gasteiger partial charge in [-0.2, -0.15) is 4.99 Å². The Morgan fingerprint density at radius 1 is 1.44 bits per heavy atom. The first kappa shape index (κ1) is 12.6. The maximum Gasteiger partial charge on any atom is 0.346 e. The lowest BCUT2D eigenvalue weighted by Crippen LogP contribution is -2.35. The van der Waals surface area contributed by atoms with Crippen molar-refractivity contribution < 1.29 is 4.79 Å². The third kappa shape index (κ3) is 2.37. The van der Waals surface area contributed by atoms with Crippen molar-refractivity contribution in [1.82, 2.24) is 4.90 Å². The van der Waals surface area contributed by atoms with Crippen LogP contribution in [0.5, 0.6) is 0 Å². The van der Waals surface area contributed by atoms with Gasteiger partial charge in [0.05, 0.1) is 0 Å². The minimum Gasteiger partial charge on any atom is -0.385 e. The van der Waals surface area contributed by atoms with Gasteiger partial charge in [-0.3, -0.25) is 0 Å². The molecule has 0 bridgehead atoms. The number of hydrogen-bond donors (Lipinski definition) is 1. The van der Waals surface area contributed by atoms with Crippen molar-refractivity contribution in [3.63, 3.8) is 0 Å². The molecule has 1 atom stereocenters. The summed E-state index contributed by atoms with van der Waals surface area (Å²) < 4.78 is 0. The van der Waals surface area contributed by atoms with Crippen LogP contribution in [-0.2, 0) is 0 Å². The number of aryl methyl sites for hydroxylation is 1. The van der Waals surface area contributed by atoms with Gasteiger partial charge in [-0.25, -0.2) is 4.79 Å². The van der Waals surface area contributed by atoms with Crippen LogP contribution in [-0.4, -0.2) is 23.3 Å². The van der Waals surface area contributed by atoms with Gasteiger partial charge >= 0.3 is 6.03 Å². The normalized spacial score (nSPS) is 19.6. The minimum atomic E-state index is -0.229. The highest BCUT2D eigenvalue weighted by molar-refractivity contribution is 6.03. The molecule has 4 heteroatoms. The number of carbonyl (C=O) groups is 1. The highest BCUT2D eigenvalue weighted by atomic mass is 16.2. The summed E-state index contributed by atoms with van der Waals surface area (Å²) in [6.45, 7) is 6.85. The van der Waals surface area contributed by atoms with Crippen LogP contribution in [0.1, 0.15) is 31.0 Å². The highest BCUT2D eigenvalue weighted by Crippen LogP contribution is 2.28. The van der Waals surface area contributed by atoms with Crippen molar-refractivity contribution in [3.8, 4) is 0 Å². The smallest absolute Gasteiger partial charge is 0.346 e. The van der Waals surface area contributed by atoms with Crippen LogP contribution < -0.4 is 5.73 Å². The fourth-order valence-electron chi connectivity index (χ4n) is 2.27. The Kier molecular flexibility index (Phi) is 3.36. The van der Waals surface area contributed by atoms with Gasteiger partial charge in [-0.1, -0.05) is 43.7 Å². The number of urea groups is 1. The summed E-state index contributed by atoms with van der Waals surface area (Å²) in [4.78, 5) is 17.5. The van der Waals surface area contributed by atoms with Gasteiger partial charge in [0.15, 0.2) is 0 Å². The molecule has 18 heavy (non-hydrogen) atoms. The minimum absolute atomic E-state index is 0.209. The lowest BCUT2D eigenvalue weighted by Gasteiger charge is -2.26. The molecule has 1 aliphatic rings. The van der Waals surface area contributed by atoms with Crippen molar-refractivity contribution >= 4 is 11.9 Å². The molecule has 2 N–H and O–H groups in total. The Morgan fingerprint density at radius 3 is 2.78 bits per heavy atom. The van der Waals surface area contributed by atoms with Crippen LogP contribution in [0.2, 0.25) is 0 Å². The second-order valence-electron chi connectivity index (χ2n) is 5.18. The van der Waals surface area contributed by atoms with Crippen molar-refractivity contribution in [2.75, 3.05) is 6.54 Å². The molecule has 1 unspecified atom stereocenters. The second kappa shape index (κ2) is 4.80. The third-order valence-electron chi connectivity index (χ3n) is 2.98. The Balaban J connectivity index is 2.34. The van der Waals surface area contributed by atoms with E-state index >= 15 is 0 Å². The van der Waals surface area contributed by atoms with Gasteiger partial charge in [0.1, 0.15) is 11.9 Å². The lowest BCUT2D eigenvalue weighted by atomic mass is 10.0. The van der Waals surface area contributed by atoms with E-state index in [1.807, 2.05) is 25.1 Å². The molecule has 0 saturated carbocycles. The van der Waals surface area contributed by atoms with E-state index in [1.54, 1.807) is 4.90 Å². The van der Waals surface area contributed by atoms with E-state index in [4.69, 9.17) is 5.73 Å². The topological polar surface area (TPSA) is 58.7 Å². The number of hydrogen-bond acceptors (Lipinski definition) is 2. The number of nitrogens with zero attached hydrogens (tertiary/aromatic N) is 2. The molecule has 0 fully saturated rings. The summed E-state index contributed by atoms with van der Waals surface area (Å²) in [6, 6.07) is 7.62. The van der Waals surface area contributed by atoms with E-state index in [0.717, 1.165) is 11.1 Å². The number of aliphatic imine (C=N–C) groups is 1. The van der Waals surface area contributed by atoms with Crippen LogP contribution in [0.3, 0.4) is 0 Å². The summed E-state index contributed by atoms with van der Waals surface area (Å²) in [6.07, 6.45) is 0. The zero-order chi connectivity index (χ0) is 13.3. The molecule has 0 radical (unpaired) electrons. The molecule has 0 aliphatic carbocycles. The first-order valence-electron chi connectivity index (χ1n) is 6.20. The molecular formula is C14H19N3O. The third-order valence-corrected chi connectivity index (χ3v) is 2.98. The molecule has 96 valence electrons. The van der Waals surface area contributed by atoms with Crippen LogP contribution in [0.15, 0.2) is 29.3 Å². The van der Waals surface area contributed by atoms with E-state index in [-0.39, 0.29) is 12.1 Å². The first-order chi connectivity index (χ1) is 8.49. The first-order valence-corrected chi connectivity index (χ1v) is 6.20. The van der Waals surface area contributed by atoms with Crippen LogP contribution in [0, 0.1) is 12.8 Å². The van der Waals surface area contributed by atoms with Crippen molar-refractivity contribution in [2.45, 2.75) is 26.8 Å². The summed E-state index contributed by atoms with van der Waals surface area (Å²) in [5.74, 6) is 0.786. The number of rotatable bonds is 3. The summed E-state index contributed by atoms with van der Waals surface area (Å²) >= 11 is 0. The van der Waals surface area contributed by atoms with Crippen LogP contribution in [0.25, 0.3) is 0 Å². The fourth-order valence-corrected chi connectivity index (χ4v) is 2.27. The van der Waals surface area contributed by atoms with Gasteiger partial charge < -0.3 is 10.6 Å². The number of amides is 2. The Morgan fingerprint density at radius 2 is 2.17 bits per heavy atom. The van der Waals surface area contributed by atoms with Gasteiger partial charge in [0.25, 0.3) is 0 Å². The zero-order valence-corrected chi connectivity index (χ0v) is 11.1. The molecule has 2 amide bonds. The predicted molar refractivity (Wildman–Crippen MR) is 72.5 cm³/mol. The van der Waals surface area contributed by atoms with Gasteiger partial charge in [0.2, 0.25) is 0 Å². The van der Waals surface area contributed by atoms with E-state index in [9.17, 15) is 4.79 Å². The molecule has 0 spiro atoms. The van der Waals surface area contributed by atoms with Gasteiger partial charge in [-0.15, -0.1) is 0 Å². The molecule has 0 aromatic heterocycles.